The molecule has 154 valence electrons. The highest BCUT2D eigenvalue weighted by Gasteiger charge is 2.36. The first kappa shape index (κ1) is 19.0. The van der Waals surface area contributed by atoms with Gasteiger partial charge in [0.25, 0.3) is 0 Å². The Morgan fingerprint density at radius 2 is 1.80 bits per heavy atom. The number of carbonyl (C=O) groups excluding carboxylic acids is 1. The number of rotatable bonds is 4. The number of amides is 1. The fourth-order valence-electron chi connectivity index (χ4n) is 4.78. The maximum atomic E-state index is 11.5. The van der Waals surface area contributed by atoms with Crippen LogP contribution in [-0.4, -0.2) is 18.8 Å². The minimum atomic E-state index is -0.477. The van der Waals surface area contributed by atoms with Gasteiger partial charge < -0.3 is 14.8 Å². The standard InChI is InChI=1S/C26H27NO3/c1-26(17-29-25(28)27-26)22-12-10-21-16-24(13-11-20(21)14-22)30-23-9-5-8-19(15-23)18-6-3-2-4-7-18/h2-4,6-7,10-14,16,19,23H,5,8-9,15,17H2,1H3,(H,27,28)/t19?,23?,26-/m0/s1. The Hall–Kier alpha value is -3.01. The van der Waals surface area contributed by atoms with Gasteiger partial charge in [-0.05, 0) is 78.6 Å². The van der Waals surface area contributed by atoms with Crippen molar-refractivity contribution in [2.24, 2.45) is 0 Å². The molecule has 2 unspecified atom stereocenters. The lowest BCUT2D eigenvalue weighted by Gasteiger charge is -2.30. The number of nitrogens with one attached hydrogen (secondary N) is 1. The van der Waals surface area contributed by atoms with Crippen LogP contribution in [-0.2, 0) is 10.3 Å². The fraction of sp³-hybridized carbons (Fsp3) is 0.346. The summed E-state index contributed by atoms with van der Waals surface area (Å²) in [5.74, 6) is 1.51. The molecule has 1 saturated heterocycles. The lowest BCUT2D eigenvalue weighted by atomic mass is 9.82. The van der Waals surface area contributed by atoms with Gasteiger partial charge >= 0.3 is 6.09 Å². The number of alkyl carbamates (subject to hydrolysis) is 1. The van der Waals surface area contributed by atoms with Gasteiger partial charge in [0, 0.05) is 0 Å². The molecular formula is C26H27NO3. The number of hydrogen-bond donors (Lipinski definition) is 1. The van der Waals surface area contributed by atoms with E-state index in [0.29, 0.717) is 12.5 Å². The van der Waals surface area contributed by atoms with Crippen LogP contribution < -0.4 is 10.1 Å². The number of carbonyl (C=O) groups is 1. The highest BCUT2D eigenvalue weighted by Crippen LogP contribution is 2.35. The molecule has 0 bridgehead atoms. The Bertz CT molecular complexity index is 1060. The zero-order valence-corrected chi connectivity index (χ0v) is 17.3. The van der Waals surface area contributed by atoms with Crippen LogP contribution in [0.1, 0.15) is 49.7 Å². The maximum Gasteiger partial charge on any atom is 0.408 e. The molecule has 5 rings (SSSR count). The van der Waals surface area contributed by atoms with Gasteiger partial charge in [0.05, 0.1) is 11.6 Å². The van der Waals surface area contributed by atoms with Crippen molar-refractivity contribution in [2.75, 3.05) is 6.61 Å². The predicted molar refractivity (Wildman–Crippen MR) is 118 cm³/mol. The van der Waals surface area contributed by atoms with Gasteiger partial charge in [-0.2, -0.15) is 0 Å². The monoisotopic (exact) mass is 401 g/mol. The third-order valence-corrected chi connectivity index (χ3v) is 6.52. The van der Waals surface area contributed by atoms with Crippen LogP contribution in [0.4, 0.5) is 4.79 Å². The summed E-state index contributed by atoms with van der Waals surface area (Å²) in [6, 6.07) is 23.4. The largest absolute Gasteiger partial charge is 0.490 e. The van der Waals surface area contributed by atoms with Crippen molar-refractivity contribution in [3.8, 4) is 5.75 Å². The number of ether oxygens (including phenoxy) is 2. The molecule has 0 radical (unpaired) electrons. The first-order chi connectivity index (χ1) is 14.6. The Labute approximate surface area is 177 Å². The molecular weight excluding hydrogens is 374 g/mol. The van der Waals surface area contributed by atoms with Gasteiger partial charge in [-0.1, -0.05) is 48.5 Å². The van der Waals surface area contributed by atoms with Crippen LogP contribution in [0.3, 0.4) is 0 Å². The summed E-state index contributed by atoms with van der Waals surface area (Å²) < 4.78 is 11.5. The van der Waals surface area contributed by atoms with Crippen molar-refractivity contribution in [2.45, 2.75) is 50.2 Å². The quantitative estimate of drug-likeness (QED) is 0.592. The molecule has 30 heavy (non-hydrogen) atoms. The van der Waals surface area contributed by atoms with E-state index in [9.17, 15) is 4.79 Å². The summed E-state index contributed by atoms with van der Waals surface area (Å²) in [6.07, 6.45) is 4.52. The van der Waals surface area contributed by atoms with Crippen molar-refractivity contribution < 1.29 is 14.3 Å². The van der Waals surface area contributed by atoms with Crippen molar-refractivity contribution in [1.29, 1.82) is 0 Å². The summed E-state index contributed by atoms with van der Waals surface area (Å²) in [6.45, 7) is 2.34. The van der Waals surface area contributed by atoms with Crippen LogP contribution in [0.15, 0.2) is 66.7 Å². The second kappa shape index (κ2) is 7.67. The third kappa shape index (κ3) is 3.74. The van der Waals surface area contributed by atoms with Gasteiger partial charge in [-0.25, -0.2) is 4.79 Å². The topological polar surface area (TPSA) is 47.6 Å². The molecule has 3 atom stereocenters. The molecule has 1 aliphatic heterocycles. The number of hydrogen-bond acceptors (Lipinski definition) is 3. The van der Waals surface area contributed by atoms with E-state index in [1.165, 1.54) is 18.4 Å². The van der Waals surface area contributed by atoms with E-state index in [2.05, 4.69) is 72.0 Å². The van der Waals surface area contributed by atoms with E-state index in [-0.39, 0.29) is 12.2 Å². The molecule has 1 amide bonds. The minimum Gasteiger partial charge on any atom is -0.490 e. The van der Waals surface area contributed by atoms with Gasteiger partial charge in [0.15, 0.2) is 0 Å². The summed E-state index contributed by atoms with van der Waals surface area (Å²) in [4.78, 5) is 11.5. The van der Waals surface area contributed by atoms with Crippen molar-refractivity contribution >= 4 is 16.9 Å². The highest BCUT2D eigenvalue weighted by molar-refractivity contribution is 5.85. The molecule has 2 fully saturated rings. The third-order valence-electron chi connectivity index (χ3n) is 6.52. The van der Waals surface area contributed by atoms with E-state index >= 15 is 0 Å². The number of benzene rings is 3. The Morgan fingerprint density at radius 3 is 2.60 bits per heavy atom. The summed E-state index contributed by atoms with van der Waals surface area (Å²) >= 11 is 0. The van der Waals surface area contributed by atoms with E-state index in [0.717, 1.165) is 34.9 Å². The molecule has 0 aromatic heterocycles. The van der Waals surface area contributed by atoms with Crippen molar-refractivity contribution in [3.05, 3.63) is 77.9 Å². The number of fused-ring (bicyclic) bond motifs is 1. The molecule has 3 aromatic carbocycles. The van der Waals surface area contributed by atoms with Gasteiger partial charge in [-0.15, -0.1) is 0 Å². The normalized spacial score (nSPS) is 26.2. The average Bonchev–Trinajstić information content (AvgIpc) is 3.14. The van der Waals surface area contributed by atoms with Gasteiger partial charge in [0.1, 0.15) is 12.4 Å². The minimum absolute atomic E-state index is 0.255. The molecule has 1 N–H and O–H groups in total. The summed E-state index contributed by atoms with van der Waals surface area (Å²) in [5, 5.41) is 5.18. The van der Waals surface area contributed by atoms with Crippen LogP contribution in [0.5, 0.6) is 5.75 Å². The van der Waals surface area contributed by atoms with Crippen LogP contribution in [0, 0.1) is 0 Å². The molecule has 2 aliphatic rings. The molecule has 0 spiro atoms. The van der Waals surface area contributed by atoms with Crippen molar-refractivity contribution in [1.82, 2.24) is 5.32 Å². The molecule has 4 nitrogen and oxygen atoms in total. The molecule has 3 aromatic rings. The zero-order valence-electron chi connectivity index (χ0n) is 17.3. The highest BCUT2D eigenvalue weighted by atomic mass is 16.6. The predicted octanol–water partition coefficient (Wildman–Crippen LogP) is 5.90. The first-order valence-corrected chi connectivity index (χ1v) is 10.8. The van der Waals surface area contributed by atoms with E-state index in [1.54, 1.807) is 0 Å². The zero-order chi connectivity index (χ0) is 20.6. The SMILES string of the molecule is C[C@@]1(c2ccc3cc(OC4CCCC(c5ccccc5)C4)ccc3c2)COC(=O)N1. The van der Waals surface area contributed by atoms with Gasteiger partial charge in [0.2, 0.25) is 0 Å². The maximum absolute atomic E-state index is 11.5. The summed E-state index contributed by atoms with van der Waals surface area (Å²) in [7, 11) is 0. The molecule has 1 aliphatic carbocycles. The van der Waals surface area contributed by atoms with E-state index in [1.807, 2.05) is 6.92 Å². The Kier molecular flexibility index (Phi) is 4.86. The van der Waals surface area contributed by atoms with Crippen LogP contribution >= 0.6 is 0 Å². The Balaban J connectivity index is 1.32. The second-order valence-electron chi connectivity index (χ2n) is 8.77. The van der Waals surface area contributed by atoms with Crippen molar-refractivity contribution in [3.63, 3.8) is 0 Å². The molecule has 1 heterocycles. The van der Waals surface area contributed by atoms with E-state index in [4.69, 9.17) is 9.47 Å². The lowest BCUT2D eigenvalue weighted by Crippen LogP contribution is -2.37. The average molecular weight is 402 g/mol. The fourth-order valence-corrected chi connectivity index (χ4v) is 4.78. The smallest absolute Gasteiger partial charge is 0.408 e. The van der Waals surface area contributed by atoms with Gasteiger partial charge in [-0.3, -0.25) is 0 Å². The first-order valence-electron chi connectivity index (χ1n) is 10.8. The Morgan fingerprint density at radius 1 is 1.00 bits per heavy atom. The van der Waals surface area contributed by atoms with Crippen LogP contribution in [0.2, 0.25) is 0 Å². The second-order valence-corrected chi connectivity index (χ2v) is 8.77. The molecule has 4 heteroatoms. The molecule has 1 saturated carbocycles. The number of cyclic esters (lactones) is 1. The van der Waals surface area contributed by atoms with E-state index < -0.39 is 5.54 Å². The van der Waals surface area contributed by atoms with Crippen LogP contribution in [0.25, 0.3) is 10.8 Å². The lowest BCUT2D eigenvalue weighted by molar-refractivity contribution is 0.143. The summed E-state index contributed by atoms with van der Waals surface area (Å²) in [5.41, 5.74) is 2.00.